The third-order valence-electron chi connectivity index (χ3n) is 3.92. The lowest BCUT2D eigenvalue weighted by Crippen LogP contribution is -2.42. The van der Waals surface area contributed by atoms with Crippen LogP contribution in [0.25, 0.3) is 0 Å². The second kappa shape index (κ2) is 5.93. The fourth-order valence-corrected chi connectivity index (χ4v) is 2.77. The van der Waals surface area contributed by atoms with Gasteiger partial charge in [0.15, 0.2) is 5.82 Å². The Morgan fingerprint density at radius 1 is 1.55 bits per heavy atom. The Labute approximate surface area is 118 Å². The number of nitrogens with zero attached hydrogens (tertiary/aromatic N) is 2. The first-order valence-corrected chi connectivity index (χ1v) is 7.41. The molecule has 2 fully saturated rings. The summed E-state index contributed by atoms with van der Waals surface area (Å²) in [4.78, 5) is 14.4. The zero-order valence-electron chi connectivity index (χ0n) is 11.9. The van der Waals surface area contributed by atoms with E-state index >= 15 is 0 Å². The van der Waals surface area contributed by atoms with E-state index in [0.29, 0.717) is 30.2 Å². The second-order valence-electron chi connectivity index (χ2n) is 5.82. The van der Waals surface area contributed by atoms with Gasteiger partial charge in [0.25, 0.3) is 0 Å². The molecule has 1 saturated heterocycles. The van der Waals surface area contributed by atoms with Gasteiger partial charge in [-0.25, -0.2) is 0 Å². The SMILES string of the molecule is Cc1cc(NC(=O)CN(CC2CCCN2)C2CC2)no1. The van der Waals surface area contributed by atoms with Gasteiger partial charge >= 0.3 is 0 Å². The molecule has 2 N–H and O–H groups in total. The van der Waals surface area contributed by atoms with Gasteiger partial charge in [0.05, 0.1) is 6.54 Å². The Morgan fingerprint density at radius 3 is 3.00 bits per heavy atom. The Morgan fingerprint density at radius 2 is 2.40 bits per heavy atom. The molecule has 0 aromatic carbocycles. The summed E-state index contributed by atoms with van der Waals surface area (Å²) in [5.74, 6) is 1.19. The van der Waals surface area contributed by atoms with E-state index in [-0.39, 0.29) is 5.91 Å². The largest absolute Gasteiger partial charge is 0.360 e. The van der Waals surface area contributed by atoms with Crippen LogP contribution in [0.15, 0.2) is 10.6 Å². The van der Waals surface area contributed by atoms with Crippen LogP contribution in [-0.4, -0.2) is 47.7 Å². The van der Waals surface area contributed by atoms with Crippen molar-refractivity contribution in [1.82, 2.24) is 15.4 Å². The maximum Gasteiger partial charge on any atom is 0.239 e. The van der Waals surface area contributed by atoms with Gasteiger partial charge in [0.2, 0.25) is 5.91 Å². The highest BCUT2D eigenvalue weighted by molar-refractivity contribution is 5.91. The number of hydrogen-bond donors (Lipinski definition) is 2. The number of hydrogen-bond acceptors (Lipinski definition) is 5. The molecule has 1 aliphatic heterocycles. The summed E-state index contributed by atoms with van der Waals surface area (Å²) in [7, 11) is 0. The number of aryl methyl sites for hydroxylation is 1. The lowest BCUT2D eigenvalue weighted by Gasteiger charge is -2.24. The monoisotopic (exact) mass is 278 g/mol. The molecule has 110 valence electrons. The molecule has 1 saturated carbocycles. The van der Waals surface area contributed by atoms with Crippen molar-refractivity contribution < 1.29 is 9.32 Å². The lowest BCUT2D eigenvalue weighted by molar-refractivity contribution is -0.117. The summed E-state index contributed by atoms with van der Waals surface area (Å²) in [6, 6.07) is 2.86. The van der Waals surface area contributed by atoms with Crippen LogP contribution in [0.1, 0.15) is 31.4 Å². The summed E-state index contributed by atoms with van der Waals surface area (Å²) in [5.41, 5.74) is 0. The first-order chi connectivity index (χ1) is 9.70. The van der Waals surface area contributed by atoms with Gasteiger partial charge in [-0.3, -0.25) is 9.69 Å². The second-order valence-corrected chi connectivity index (χ2v) is 5.82. The van der Waals surface area contributed by atoms with Crippen molar-refractivity contribution in [2.45, 2.75) is 44.7 Å². The van der Waals surface area contributed by atoms with E-state index in [1.807, 2.05) is 6.92 Å². The van der Waals surface area contributed by atoms with E-state index in [1.165, 1.54) is 25.7 Å². The Kier molecular flexibility index (Phi) is 4.03. The average Bonchev–Trinajstić information content (AvgIpc) is 2.99. The third kappa shape index (κ3) is 3.58. The van der Waals surface area contributed by atoms with Crippen molar-refractivity contribution >= 4 is 11.7 Å². The van der Waals surface area contributed by atoms with Crippen LogP contribution in [0.4, 0.5) is 5.82 Å². The number of aromatic nitrogens is 1. The number of anilines is 1. The molecule has 1 aliphatic carbocycles. The van der Waals surface area contributed by atoms with E-state index in [1.54, 1.807) is 6.07 Å². The molecule has 6 heteroatoms. The van der Waals surface area contributed by atoms with Gasteiger partial charge in [0, 0.05) is 24.7 Å². The molecule has 0 spiro atoms. The fourth-order valence-electron chi connectivity index (χ4n) is 2.77. The fraction of sp³-hybridized carbons (Fsp3) is 0.714. The molecule has 1 aromatic heterocycles. The maximum atomic E-state index is 12.1. The summed E-state index contributed by atoms with van der Waals surface area (Å²) in [5, 5.41) is 10.1. The molecule has 3 rings (SSSR count). The average molecular weight is 278 g/mol. The van der Waals surface area contributed by atoms with Crippen molar-refractivity contribution in [3.63, 3.8) is 0 Å². The predicted molar refractivity (Wildman–Crippen MR) is 75.5 cm³/mol. The van der Waals surface area contributed by atoms with Gasteiger partial charge in [-0.05, 0) is 39.2 Å². The van der Waals surface area contributed by atoms with Crippen molar-refractivity contribution in [3.05, 3.63) is 11.8 Å². The summed E-state index contributed by atoms with van der Waals surface area (Å²) >= 11 is 0. The minimum absolute atomic E-state index is 0.0109. The van der Waals surface area contributed by atoms with Crippen molar-refractivity contribution in [2.75, 3.05) is 25.0 Å². The molecular weight excluding hydrogens is 256 g/mol. The smallest absolute Gasteiger partial charge is 0.239 e. The Hall–Kier alpha value is -1.40. The van der Waals surface area contributed by atoms with Crippen LogP contribution in [0.3, 0.4) is 0 Å². The minimum atomic E-state index is -0.0109. The molecule has 0 bridgehead atoms. The van der Waals surface area contributed by atoms with Gasteiger partial charge in [-0.2, -0.15) is 0 Å². The lowest BCUT2D eigenvalue weighted by atomic mass is 10.2. The standard InChI is InChI=1S/C14H22N4O2/c1-10-7-13(17-20-10)16-14(19)9-18(12-4-5-12)8-11-3-2-6-15-11/h7,11-12,15H,2-6,8-9H2,1H3,(H,16,17,19). The van der Waals surface area contributed by atoms with Crippen LogP contribution < -0.4 is 10.6 Å². The summed E-state index contributed by atoms with van der Waals surface area (Å²) < 4.78 is 4.95. The van der Waals surface area contributed by atoms with Crippen LogP contribution in [0.5, 0.6) is 0 Å². The zero-order chi connectivity index (χ0) is 13.9. The van der Waals surface area contributed by atoms with Gasteiger partial charge in [-0.1, -0.05) is 5.16 Å². The highest BCUT2D eigenvalue weighted by Crippen LogP contribution is 2.27. The number of amides is 1. The summed E-state index contributed by atoms with van der Waals surface area (Å²) in [6.45, 7) is 4.32. The molecule has 6 nitrogen and oxygen atoms in total. The van der Waals surface area contributed by atoms with Gasteiger partial charge < -0.3 is 15.2 Å². The predicted octanol–water partition coefficient (Wildman–Crippen LogP) is 1.14. The molecule has 20 heavy (non-hydrogen) atoms. The molecule has 1 unspecified atom stereocenters. The maximum absolute atomic E-state index is 12.1. The van der Waals surface area contributed by atoms with Gasteiger partial charge in [0.1, 0.15) is 5.76 Å². The van der Waals surface area contributed by atoms with E-state index in [4.69, 9.17) is 4.52 Å². The quantitative estimate of drug-likeness (QED) is 0.816. The zero-order valence-corrected chi connectivity index (χ0v) is 11.9. The van der Waals surface area contributed by atoms with Crippen LogP contribution in [0, 0.1) is 6.92 Å². The molecular formula is C14H22N4O2. The summed E-state index contributed by atoms with van der Waals surface area (Å²) in [6.07, 6.45) is 4.88. The van der Waals surface area contributed by atoms with Crippen molar-refractivity contribution in [1.29, 1.82) is 0 Å². The van der Waals surface area contributed by atoms with Crippen LogP contribution in [0.2, 0.25) is 0 Å². The first-order valence-electron chi connectivity index (χ1n) is 7.41. The van der Waals surface area contributed by atoms with Crippen molar-refractivity contribution in [3.8, 4) is 0 Å². The molecule has 1 aromatic rings. The number of carbonyl (C=O) groups is 1. The van der Waals surface area contributed by atoms with Crippen LogP contribution in [-0.2, 0) is 4.79 Å². The van der Waals surface area contributed by atoms with E-state index in [0.717, 1.165) is 13.1 Å². The normalized spacial score (nSPS) is 22.4. The molecule has 1 amide bonds. The van der Waals surface area contributed by atoms with E-state index < -0.39 is 0 Å². The molecule has 1 atom stereocenters. The highest BCUT2D eigenvalue weighted by Gasteiger charge is 2.32. The van der Waals surface area contributed by atoms with Gasteiger partial charge in [-0.15, -0.1) is 0 Å². The minimum Gasteiger partial charge on any atom is -0.360 e. The Balaban J connectivity index is 1.51. The Bertz CT molecular complexity index is 463. The van der Waals surface area contributed by atoms with Crippen molar-refractivity contribution in [2.24, 2.45) is 0 Å². The number of carbonyl (C=O) groups excluding carboxylic acids is 1. The molecule has 2 heterocycles. The molecule has 0 radical (unpaired) electrons. The highest BCUT2D eigenvalue weighted by atomic mass is 16.5. The van der Waals surface area contributed by atoms with E-state index in [9.17, 15) is 4.79 Å². The topological polar surface area (TPSA) is 70.4 Å². The number of nitrogens with one attached hydrogen (secondary N) is 2. The molecule has 2 aliphatic rings. The number of rotatable bonds is 6. The first kappa shape index (κ1) is 13.6. The van der Waals surface area contributed by atoms with E-state index in [2.05, 4.69) is 20.7 Å². The van der Waals surface area contributed by atoms with Crippen LogP contribution >= 0.6 is 0 Å². The third-order valence-corrected chi connectivity index (χ3v) is 3.92.